The molecule has 0 unspecified atom stereocenters. The fourth-order valence-electron chi connectivity index (χ4n) is 6.70. The summed E-state index contributed by atoms with van der Waals surface area (Å²) < 4.78 is 101. The molecule has 0 spiro atoms. The topological polar surface area (TPSA) is 528 Å². The van der Waals surface area contributed by atoms with Gasteiger partial charge < -0.3 is 56.7 Å². The number of azo groups is 2. The summed E-state index contributed by atoms with van der Waals surface area (Å²) in [5.74, 6) is -2.47. The first kappa shape index (κ1) is 60.8. The molecule has 0 aliphatic carbocycles. The number of aryl methyl sites for hydroxylation is 1. The van der Waals surface area contributed by atoms with Crippen molar-refractivity contribution < 1.29 is 91.9 Å². The summed E-state index contributed by atoms with van der Waals surface area (Å²) in [6, 6.07) is 10.2. The van der Waals surface area contributed by atoms with Gasteiger partial charge in [0.05, 0.1) is 28.7 Å². The summed E-state index contributed by atoms with van der Waals surface area (Å²) in [5, 5.41) is 91.8. The molecule has 423 valence electrons. The monoisotopic (exact) mass is 1250 g/mol. The molecule has 1 radical (unpaired) electrons. The number of nitro benzene ring substituents is 1. The Hall–Kier alpha value is -8.41. The Labute approximate surface area is 472 Å². The predicted molar refractivity (Wildman–Crippen MR) is 281 cm³/mol. The standard InChI is InChI=1S/C25H19ClN8O11S2.C15H15ClN9O6S.Co/c26-23-29-24(27-5-6-35)31-25(30-23)28-12-1-3-14-11(7-12)8-19(47(43,44)45)21(22(14)37)33-32-20-15-4-2-13(34(38)39)9-16(15)18(10-17(20)36)46(40,41)42;1-6-10(12(28)25-22-6)24-23-9-5-7(32(29,30)31)4-8(11(9)27)18-15-20-13(16)19-14(21-15)17-2-3-26;/h1-4,7-10,35-37H,5-6H2,(H,40,41,42)(H,43,44,45)(H2,27,28,29,30,31);4-5,26-27H,2-3H2,1H3,(H,25,28)(H,29,30,31)(H2,17,18,19,20,21);/q;-1;/p+4. The third-order valence-corrected chi connectivity index (χ3v) is 13.0. The smallest absolute Gasteiger partial charge is 0.506 e. The summed E-state index contributed by atoms with van der Waals surface area (Å²) in [4.78, 5) is 43.1. The molecule has 8 aromatic rings. The van der Waals surface area contributed by atoms with E-state index in [1.165, 1.54) is 25.1 Å². The Kier molecular flexibility index (Phi) is 18.8. The van der Waals surface area contributed by atoms with Gasteiger partial charge in [-0.2, -0.15) is 60.3 Å². The number of benzene rings is 5. The van der Waals surface area contributed by atoms with Crippen molar-refractivity contribution in [3.8, 4) is 17.2 Å². The summed E-state index contributed by atoms with van der Waals surface area (Å²) in [5.41, 5.74) is -2.85. The van der Waals surface area contributed by atoms with Crippen LogP contribution in [-0.4, -0.2) is 136 Å². The fourth-order valence-corrected chi connectivity index (χ4v) is 8.91. The van der Waals surface area contributed by atoms with Crippen LogP contribution in [0.4, 0.5) is 63.6 Å². The molecule has 3 aromatic heterocycles. The number of aliphatic hydroxyl groups excluding tert-OH is 2. The van der Waals surface area contributed by atoms with Crippen molar-refractivity contribution in [3.63, 3.8) is 0 Å². The van der Waals surface area contributed by atoms with Crippen molar-refractivity contribution in [3.05, 3.63) is 97.4 Å². The molecular formula is C40H38Cl2CoN17O17S3+3. The number of nitro groups is 1. The minimum Gasteiger partial charge on any atom is -0.506 e. The minimum atomic E-state index is -5.10. The summed E-state index contributed by atoms with van der Waals surface area (Å²) in [6.07, 6.45) is 0. The van der Waals surface area contributed by atoms with Crippen LogP contribution >= 0.6 is 23.2 Å². The Balaban J connectivity index is 0.000000576. The molecule has 3 heterocycles. The third kappa shape index (κ3) is 14.4. The number of nitrogens with zero attached hydrogens (tertiary/aromatic N) is 12. The average Bonchev–Trinajstić information content (AvgIpc) is 2.19. The molecule has 0 aliphatic rings. The van der Waals surface area contributed by atoms with Gasteiger partial charge in [-0.1, -0.05) is 12.6 Å². The molecule has 0 saturated carbocycles. The zero-order valence-electron chi connectivity index (χ0n) is 43.5. The molecule has 0 bridgehead atoms. The zero-order valence-corrected chi connectivity index (χ0v) is 44.5. The van der Waals surface area contributed by atoms with E-state index in [2.05, 4.69) is 81.8 Å². The number of non-ortho nitro benzene ring substituents is 1. The maximum absolute atomic E-state index is 12.4. The maximum atomic E-state index is 12.4. The van der Waals surface area contributed by atoms with Gasteiger partial charge in [0.2, 0.25) is 34.4 Å². The molecule has 0 saturated heterocycles. The van der Waals surface area contributed by atoms with Crippen molar-refractivity contribution in [1.29, 1.82) is 0 Å². The number of aromatic nitrogens is 8. The van der Waals surface area contributed by atoms with E-state index in [1.807, 2.05) is 0 Å². The van der Waals surface area contributed by atoms with Gasteiger partial charge >= 0.3 is 5.71 Å². The molecule has 8 rings (SSSR count). The van der Waals surface area contributed by atoms with Crippen molar-refractivity contribution in [2.45, 2.75) is 21.6 Å². The van der Waals surface area contributed by atoms with Gasteiger partial charge in [-0.15, -0.1) is 15.9 Å². The van der Waals surface area contributed by atoms with Crippen LogP contribution in [0.1, 0.15) is 11.4 Å². The largest absolute Gasteiger partial charge is 1.00 e. The number of aromatic amines is 1. The van der Waals surface area contributed by atoms with Gasteiger partial charge in [0.25, 0.3) is 36.0 Å². The summed E-state index contributed by atoms with van der Waals surface area (Å²) >= 11 is 11.8. The number of aliphatic hydroxyl groups is 2. The van der Waals surface area contributed by atoms with Crippen LogP contribution in [-0.2, 0) is 47.1 Å². The molecule has 0 amide bonds. The van der Waals surface area contributed by atoms with E-state index < -0.39 is 101 Å². The molecule has 80 heavy (non-hydrogen) atoms. The van der Waals surface area contributed by atoms with Crippen LogP contribution in [0.5, 0.6) is 17.2 Å². The van der Waals surface area contributed by atoms with E-state index in [1.54, 1.807) is 0 Å². The van der Waals surface area contributed by atoms with Crippen LogP contribution in [0.15, 0.2) is 101 Å². The minimum absolute atomic E-state index is 0. The van der Waals surface area contributed by atoms with Crippen molar-refractivity contribution in [1.82, 2.24) is 40.1 Å². The van der Waals surface area contributed by atoms with Crippen molar-refractivity contribution in [2.24, 2.45) is 20.5 Å². The summed E-state index contributed by atoms with van der Waals surface area (Å²) in [7, 11) is -14.8. The van der Waals surface area contributed by atoms with Crippen molar-refractivity contribution >= 4 is 139 Å². The second-order valence-corrected chi connectivity index (χ2v) is 20.3. The summed E-state index contributed by atoms with van der Waals surface area (Å²) in [6.45, 7) is 1.31. The number of fused-ring (bicyclic) bond motifs is 2. The zero-order chi connectivity index (χ0) is 57.7. The van der Waals surface area contributed by atoms with Gasteiger partial charge in [-0.25, -0.2) is 5.10 Å². The van der Waals surface area contributed by atoms with Crippen LogP contribution in [0, 0.1) is 17.0 Å². The Morgan fingerprint density at radius 3 is 1.81 bits per heavy atom. The number of aromatic hydroxyl groups is 3. The number of halogens is 2. The number of rotatable bonds is 18. The first-order valence-corrected chi connectivity index (χ1v) is 26.4. The Morgan fingerprint density at radius 2 is 1.26 bits per heavy atom. The number of nitrogens with one attached hydrogen (secondary N) is 5. The van der Waals surface area contributed by atoms with Gasteiger partial charge in [0.1, 0.15) is 38.2 Å². The molecule has 34 nitrogen and oxygen atoms in total. The maximum Gasteiger partial charge on any atom is 1.00 e. The van der Waals surface area contributed by atoms with Crippen LogP contribution in [0.3, 0.4) is 0 Å². The van der Waals surface area contributed by atoms with E-state index in [4.69, 9.17) is 33.4 Å². The SMILES string of the molecule is Cc1n[nH]c(=O)[c-]1N=Nc1cc(S(=O)(=O)O)cc(Nc2nc(Cl)nc(NCCO)n2)c1O.O=[N+]([O-])c1ccc2c(N=Nc3c(S(=O)(=O)O)cc4cc(Nc5nc(Cl)nc(NCCO)n5)ccc4c3O)c(O)cc(S(=O)(=O)O)c2c1.[Co].[H+].[H+].[H+].[H+]. The van der Waals surface area contributed by atoms with Crippen LogP contribution in [0.2, 0.25) is 10.6 Å². The first-order valence-electron chi connectivity index (χ1n) is 21.3. The molecule has 0 aliphatic heterocycles. The van der Waals surface area contributed by atoms with Crippen LogP contribution in [0.25, 0.3) is 21.5 Å². The molecular weight excluding hydrogens is 1220 g/mol. The van der Waals surface area contributed by atoms with E-state index in [-0.39, 0.29) is 122 Å². The molecule has 5 aromatic carbocycles. The fraction of sp³-hybridized carbons (Fsp3) is 0.125. The van der Waals surface area contributed by atoms with Gasteiger partial charge in [0, 0.05) is 69.9 Å². The predicted octanol–water partition coefficient (Wildman–Crippen LogP) is 5.81. The number of anilines is 6. The third-order valence-electron chi connectivity index (χ3n) is 10.1. The van der Waals surface area contributed by atoms with Gasteiger partial charge in [0.15, 0.2) is 11.5 Å². The first-order chi connectivity index (χ1) is 37.1. The number of hydrogen-bond donors (Lipinski definition) is 13. The van der Waals surface area contributed by atoms with E-state index in [0.29, 0.717) is 6.07 Å². The molecule has 13 N–H and O–H groups in total. The average molecular weight is 1250 g/mol. The second-order valence-electron chi connectivity index (χ2n) is 15.4. The number of phenols is 3. The van der Waals surface area contributed by atoms with E-state index >= 15 is 0 Å². The molecule has 40 heteroatoms. The number of hydrogen-bond acceptors (Lipinski definition) is 29. The van der Waals surface area contributed by atoms with Crippen molar-refractivity contribution in [2.75, 3.05) is 47.6 Å². The number of H-pyrrole nitrogens is 1. The number of phenolic OH excluding ortho intramolecular Hbond substituents is 3. The Morgan fingerprint density at radius 1 is 0.688 bits per heavy atom. The normalized spacial score (nSPS) is 11.8. The second kappa shape index (κ2) is 24.7. The van der Waals surface area contributed by atoms with Crippen LogP contribution < -0.4 is 26.8 Å². The van der Waals surface area contributed by atoms with Gasteiger partial charge in [-0.3, -0.25) is 28.9 Å². The Bertz CT molecular complexity index is 4240. The van der Waals surface area contributed by atoms with E-state index in [9.17, 15) is 69.1 Å². The quantitative estimate of drug-likeness (QED) is 0.0120. The van der Waals surface area contributed by atoms with Gasteiger partial charge in [-0.05, 0) is 71.1 Å². The van der Waals surface area contributed by atoms with E-state index in [0.717, 1.165) is 36.4 Å². The molecule has 0 atom stereocenters. The molecule has 0 fully saturated rings.